The third-order valence-electron chi connectivity index (χ3n) is 5.49. The standard InChI is InChI=1S/C24H24FN3O4/c1-31-20-8-4-18(5-9-20)24(30)28-14-12-27(13-15-28)23(29)11-10-22-26-16-21(32-22)17-2-6-19(25)7-3-17/h2-9,16H,10-15H2,1H3. The Morgan fingerprint density at radius 2 is 1.66 bits per heavy atom. The second-order valence-electron chi connectivity index (χ2n) is 7.53. The topological polar surface area (TPSA) is 75.9 Å². The van der Waals surface area contributed by atoms with Gasteiger partial charge in [0.1, 0.15) is 11.6 Å². The average molecular weight is 437 g/mol. The van der Waals surface area contributed by atoms with Crippen molar-refractivity contribution in [2.45, 2.75) is 12.8 Å². The Morgan fingerprint density at radius 3 is 2.31 bits per heavy atom. The molecule has 8 heteroatoms. The Balaban J connectivity index is 1.26. The molecule has 2 amide bonds. The number of piperazine rings is 1. The molecule has 0 radical (unpaired) electrons. The fourth-order valence-electron chi connectivity index (χ4n) is 3.62. The molecule has 0 saturated carbocycles. The Morgan fingerprint density at radius 1 is 1.00 bits per heavy atom. The molecule has 2 heterocycles. The molecular formula is C24H24FN3O4. The minimum Gasteiger partial charge on any atom is -0.497 e. The molecule has 0 unspecified atom stereocenters. The third-order valence-corrected chi connectivity index (χ3v) is 5.49. The maximum absolute atomic E-state index is 13.1. The molecule has 1 saturated heterocycles. The van der Waals surface area contributed by atoms with Crippen LogP contribution in [0.4, 0.5) is 4.39 Å². The molecule has 166 valence electrons. The molecule has 32 heavy (non-hydrogen) atoms. The van der Waals surface area contributed by atoms with E-state index in [0.29, 0.717) is 55.6 Å². The number of oxazole rings is 1. The van der Waals surface area contributed by atoms with Crippen molar-refractivity contribution >= 4 is 11.8 Å². The van der Waals surface area contributed by atoms with E-state index in [0.717, 1.165) is 5.56 Å². The first-order valence-electron chi connectivity index (χ1n) is 10.5. The number of methoxy groups -OCH3 is 1. The average Bonchev–Trinajstić information content (AvgIpc) is 3.32. The van der Waals surface area contributed by atoms with Crippen LogP contribution in [0.25, 0.3) is 11.3 Å². The van der Waals surface area contributed by atoms with Crippen molar-refractivity contribution in [1.29, 1.82) is 0 Å². The number of nitrogens with zero attached hydrogens (tertiary/aromatic N) is 3. The summed E-state index contributed by atoms with van der Waals surface area (Å²) in [6, 6.07) is 13.0. The van der Waals surface area contributed by atoms with Crippen molar-refractivity contribution in [3.8, 4) is 17.1 Å². The van der Waals surface area contributed by atoms with Gasteiger partial charge in [0.2, 0.25) is 5.91 Å². The molecule has 0 aliphatic carbocycles. The van der Waals surface area contributed by atoms with Crippen LogP contribution >= 0.6 is 0 Å². The van der Waals surface area contributed by atoms with Crippen LogP contribution in [-0.4, -0.2) is 59.9 Å². The summed E-state index contributed by atoms with van der Waals surface area (Å²) in [7, 11) is 1.58. The minimum absolute atomic E-state index is 0.00285. The Kier molecular flexibility index (Phi) is 6.49. The molecule has 1 aromatic heterocycles. The number of ether oxygens (including phenoxy) is 1. The molecular weight excluding hydrogens is 413 g/mol. The molecule has 0 bridgehead atoms. The lowest BCUT2D eigenvalue weighted by Gasteiger charge is -2.34. The molecule has 4 rings (SSSR count). The van der Waals surface area contributed by atoms with Crippen molar-refractivity contribution in [3.05, 3.63) is 72.0 Å². The fraction of sp³-hybridized carbons (Fsp3) is 0.292. The molecule has 7 nitrogen and oxygen atoms in total. The van der Waals surface area contributed by atoms with Crippen LogP contribution in [0.15, 0.2) is 59.1 Å². The van der Waals surface area contributed by atoms with Gasteiger partial charge in [-0.2, -0.15) is 0 Å². The van der Waals surface area contributed by atoms with E-state index >= 15 is 0 Å². The normalized spacial score (nSPS) is 13.8. The van der Waals surface area contributed by atoms with Gasteiger partial charge in [-0.25, -0.2) is 9.37 Å². The van der Waals surface area contributed by atoms with Crippen LogP contribution < -0.4 is 4.74 Å². The molecule has 0 N–H and O–H groups in total. The predicted molar refractivity (Wildman–Crippen MR) is 116 cm³/mol. The molecule has 0 spiro atoms. The lowest BCUT2D eigenvalue weighted by atomic mass is 10.1. The van der Waals surface area contributed by atoms with Crippen molar-refractivity contribution in [2.75, 3.05) is 33.3 Å². The van der Waals surface area contributed by atoms with E-state index in [1.165, 1.54) is 12.1 Å². The first-order chi connectivity index (χ1) is 15.5. The summed E-state index contributed by atoms with van der Waals surface area (Å²) in [6.07, 6.45) is 2.23. The molecule has 1 aliphatic rings. The number of hydrogen-bond donors (Lipinski definition) is 0. The molecule has 1 aliphatic heterocycles. The summed E-state index contributed by atoms with van der Waals surface area (Å²) in [5, 5.41) is 0. The van der Waals surface area contributed by atoms with Crippen molar-refractivity contribution in [2.24, 2.45) is 0 Å². The van der Waals surface area contributed by atoms with Gasteiger partial charge in [-0.3, -0.25) is 9.59 Å². The number of benzene rings is 2. The highest BCUT2D eigenvalue weighted by atomic mass is 19.1. The number of carbonyl (C=O) groups is 2. The van der Waals surface area contributed by atoms with Crippen LogP contribution in [-0.2, 0) is 11.2 Å². The summed E-state index contributed by atoms with van der Waals surface area (Å²) < 4.78 is 23.9. The van der Waals surface area contributed by atoms with Gasteiger partial charge in [-0.15, -0.1) is 0 Å². The number of halogens is 1. The van der Waals surface area contributed by atoms with E-state index in [2.05, 4.69) is 4.98 Å². The van der Waals surface area contributed by atoms with Crippen LogP contribution in [0.1, 0.15) is 22.7 Å². The Hall–Kier alpha value is -3.68. The van der Waals surface area contributed by atoms with Crippen LogP contribution in [0.2, 0.25) is 0 Å². The first kappa shape index (κ1) is 21.5. The van der Waals surface area contributed by atoms with Gasteiger partial charge >= 0.3 is 0 Å². The SMILES string of the molecule is COc1ccc(C(=O)N2CCN(C(=O)CCc3ncc(-c4ccc(F)cc4)o3)CC2)cc1. The van der Waals surface area contributed by atoms with E-state index in [9.17, 15) is 14.0 Å². The number of carbonyl (C=O) groups excluding carboxylic acids is 2. The van der Waals surface area contributed by atoms with E-state index in [1.807, 2.05) is 0 Å². The number of aryl methyl sites for hydroxylation is 1. The molecule has 0 atom stereocenters. The maximum atomic E-state index is 13.1. The van der Waals surface area contributed by atoms with Crippen molar-refractivity contribution < 1.29 is 23.1 Å². The zero-order valence-electron chi connectivity index (χ0n) is 17.8. The van der Waals surface area contributed by atoms with Gasteiger partial charge in [0.15, 0.2) is 11.7 Å². The molecule has 2 aromatic carbocycles. The molecule has 3 aromatic rings. The van der Waals surface area contributed by atoms with Crippen molar-refractivity contribution in [3.63, 3.8) is 0 Å². The van der Waals surface area contributed by atoms with Gasteiger partial charge in [0, 0.05) is 50.1 Å². The van der Waals surface area contributed by atoms with Gasteiger partial charge in [-0.05, 0) is 48.5 Å². The maximum Gasteiger partial charge on any atom is 0.253 e. The number of hydrogen-bond acceptors (Lipinski definition) is 5. The fourth-order valence-corrected chi connectivity index (χ4v) is 3.62. The van der Waals surface area contributed by atoms with Gasteiger partial charge in [-0.1, -0.05) is 0 Å². The van der Waals surface area contributed by atoms with Crippen molar-refractivity contribution in [1.82, 2.24) is 14.8 Å². The minimum atomic E-state index is -0.315. The Bertz CT molecular complexity index is 1070. The Labute approximate surface area is 185 Å². The largest absolute Gasteiger partial charge is 0.497 e. The van der Waals surface area contributed by atoms with Gasteiger partial charge < -0.3 is 19.0 Å². The monoisotopic (exact) mass is 437 g/mol. The number of aromatic nitrogens is 1. The van der Waals surface area contributed by atoms with Gasteiger partial charge in [0.05, 0.1) is 13.3 Å². The second kappa shape index (κ2) is 9.64. The summed E-state index contributed by atoms with van der Waals surface area (Å²) in [4.78, 5) is 33.0. The van der Waals surface area contributed by atoms with Crippen LogP contribution in [0, 0.1) is 5.82 Å². The predicted octanol–water partition coefficient (Wildman–Crippen LogP) is 3.41. The van der Waals surface area contributed by atoms with Gasteiger partial charge in [0.25, 0.3) is 5.91 Å². The number of amides is 2. The summed E-state index contributed by atoms with van der Waals surface area (Å²) >= 11 is 0. The van der Waals surface area contributed by atoms with E-state index in [-0.39, 0.29) is 24.1 Å². The smallest absolute Gasteiger partial charge is 0.253 e. The highest BCUT2D eigenvalue weighted by Crippen LogP contribution is 2.21. The van der Waals surface area contributed by atoms with Crippen LogP contribution in [0.3, 0.4) is 0 Å². The van der Waals surface area contributed by atoms with E-state index in [1.54, 1.807) is 59.5 Å². The lowest BCUT2D eigenvalue weighted by molar-refractivity contribution is -0.132. The first-order valence-corrected chi connectivity index (χ1v) is 10.5. The summed E-state index contributed by atoms with van der Waals surface area (Å²) in [5.41, 5.74) is 1.33. The highest BCUT2D eigenvalue weighted by molar-refractivity contribution is 5.94. The third kappa shape index (κ3) is 4.96. The summed E-state index contributed by atoms with van der Waals surface area (Å²) in [6.45, 7) is 1.97. The summed E-state index contributed by atoms with van der Waals surface area (Å²) in [5.74, 6) is 1.35. The lowest BCUT2D eigenvalue weighted by Crippen LogP contribution is -2.50. The molecule has 1 fully saturated rings. The quantitative estimate of drug-likeness (QED) is 0.591. The zero-order chi connectivity index (χ0) is 22.5. The number of rotatable bonds is 6. The van der Waals surface area contributed by atoms with E-state index < -0.39 is 0 Å². The van der Waals surface area contributed by atoms with E-state index in [4.69, 9.17) is 9.15 Å². The van der Waals surface area contributed by atoms with Crippen LogP contribution in [0.5, 0.6) is 5.75 Å². The zero-order valence-corrected chi connectivity index (χ0v) is 17.8. The second-order valence-corrected chi connectivity index (χ2v) is 7.53. The highest BCUT2D eigenvalue weighted by Gasteiger charge is 2.25.